The number of carbonyl (C=O) groups is 2. The first-order valence-corrected chi connectivity index (χ1v) is 6.36. The number of amides is 2. The zero-order chi connectivity index (χ0) is 15.0. The van der Waals surface area contributed by atoms with Crippen molar-refractivity contribution in [3.63, 3.8) is 0 Å². The Morgan fingerprint density at radius 2 is 1.73 bits per heavy atom. The van der Waals surface area contributed by atoms with Crippen LogP contribution in [0.4, 0.5) is 0 Å². The highest BCUT2D eigenvalue weighted by Gasteiger charge is 2.12. The van der Waals surface area contributed by atoms with Crippen LogP contribution in [0.1, 0.15) is 40.2 Å². The summed E-state index contributed by atoms with van der Waals surface area (Å²) in [6.45, 7) is 1.22. The molecule has 0 radical (unpaired) electrons. The molecule has 0 unspecified atom stereocenters. The SMILES string of the molecule is Cl.Cl.NCCCCCNC(=O)c1ccc(C(=O)N=C(N)N)[nH]1. The maximum atomic E-state index is 11.8. The van der Waals surface area contributed by atoms with Crippen molar-refractivity contribution in [2.45, 2.75) is 19.3 Å². The second kappa shape index (κ2) is 11.8. The van der Waals surface area contributed by atoms with Gasteiger partial charge < -0.3 is 27.5 Å². The average Bonchev–Trinajstić information content (AvgIpc) is 2.87. The largest absolute Gasteiger partial charge is 0.370 e. The summed E-state index contributed by atoms with van der Waals surface area (Å²) in [4.78, 5) is 29.3. The van der Waals surface area contributed by atoms with E-state index in [0.29, 0.717) is 13.1 Å². The Balaban J connectivity index is 0. The molecule has 0 aliphatic carbocycles. The first-order valence-electron chi connectivity index (χ1n) is 6.36. The lowest BCUT2D eigenvalue weighted by Crippen LogP contribution is -2.25. The molecular weight excluding hydrogens is 331 g/mol. The van der Waals surface area contributed by atoms with Crippen molar-refractivity contribution in [2.75, 3.05) is 13.1 Å². The highest BCUT2D eigenvalue weighted by atomic mass is 35.5. The summed E-state index contributed by atoms with van der Waals surface area (Å²) in [5.41, 5.74) is 16.0. The number of nitrogens with two attached hydrogens (primary N) is 3. The molecule has 0 spiro atoms. The van der Waals surface area contributed by atoms with E-state index in [4.69, 9.17) is 17.2 Å². The molecule has 10 heteroatoms. The minimum Gasteiger partial charge on any atom is -0.370 e. The first-order chi connectivity index (χ1) is 9.54. The van der Waals surface area contributed by atoms with E-state index in [2.05, 4.69) is 15.3 Å². The Hall–Kier alpha value is -1.77. The molecular formula is C12H22Cl2N6O2. The fourth-order valence-corrected chi connectivity index (χ4v) is 1.57. The fourth-order valence-electron chi connectivity index (χ4n) is 1.57. The van der Waals surface area contributed by atoms with Crippen molar-refractivity contribution in [1.29, 1.82) is 0 Å². The van der Waals surface area contributed by atoms with Crippen LogP contribution in [-0.2, 0) is 0 Å². The summed E-state index contributed by atoms with van der Waals surface area (Å²) >= 11 is 0. The van der Waals surface area contributed by atoms with Gasteiger partial charge in [0, 0.05) is 6.54 Å². The number of halogens is 2. The molecule has 8 N–H and O–H groups in total. The highest BCUT2D eigenvalue weighted by molar-refractivity contribution is 6.02. The smallest absolute Gasteiger partial charge is 0.296 e. The molecule has 0 atom stereocenters. The van der Waals surface area contributed by atoms with Gasteiger partial charge in [-0.1, -0.05) is 6.42 Å². The average molecular weight is 353 g/mol. The summed E-state index contributed by atoms with van der Waals surface area (Å²) < 4.78 is 0. The van der Waals surface area contributed by atoms with Crippen molar-refractivity contribution in [1.82, 2.24) is 10.3 Å². The molecule has 22 heavy (non-hydrogen) atoms. The van der Waals surface area contributed by atoms with Crippen molar-refractivity contribution in [3.8, 4) is 0 Å². The number of H-pyrrole nitrogens is 1. The number of nitrogens with zero attached hydrogens (tertiary/aromatic N) is 1. The predicted octanol–water partition coefficient (Wildman–Crippen LogP) is 0.131. The zero-order valence-corrected chi connectivity index (χ0v) is 13.6. The van der Waals surface area contributed by atoms with E-state index >= 15 is 0 Å². The van der Waals surface area contributed by atoms with Gasteiger partial charge in [-0.05, 0) is 31.5 Å². The number of guanidine groups is 1. The highest BCUT2D eigenvalue weighted by Crippen LogP contribution is 2.04. The van der Waals surface area contributed by atoms with E-state index in [1.807, 2.05) is 0 Å². The van der Waals surface area contributed by atoms with E-state index in [1.165, 1.54) is 12.1 Å². The molecule has 2 amide bonds. The molecule has 1 rings (SSSR count). The third-order valence-electron chi connectivity index (χ3n) is 2.56. The molecule has 0 aliphatic heterocycles. The summed E-state index contributed by atoms with van der Waals surface area (Å²) in [5.74, 6) is -1.22. The molecule has 0 bridgehead atoms. The maximum Gasteiger partial charge on any atom is 0.296 e. The molecule has 0 saturated carbocycles. The monoisotopic (exact) mass is 352 g/mol. The molecule has 126 valence electrons. The second-order valence-electron chi connectivity index (χ2n) is 4.23. The van der Waals surface area contributed by atoms with Gasteiger partial charge in [0.2, 0.25) is 0 Å². The van der Waals surface area contributed by atoms with Gasteiger partial charge >= 0.3 is 0 Å². The molecule has 0 fully saturated rings. The van der Waals surface area contributed by atoms with Crippen LogP contribution in [0.25, 0.3) is 0 Å². The van der Waals surface area contributed by atoms with Crippen LogP contribution >= 0.6 is 24.8 Å². The Bertz CT molecular complexity index is 500. The molecule has 1 heterocycles. The zero-order valence-electron chi connectivity index (χ0n) is 12.0. The van der Waals surface area contributed by atoms with Crippen molar-refractivity contribution < 1.29 is 9.59 Å². The van der Waals surface area contributed by atoms with Gasteiger partial charge in [-0.3, -0.25) is 9.59 Å². The Morgan fingerprint density at radius 3 is 2.32 bits per heavy atom. The number of aromatic nitrogens is 1. The topological polar surface area (TPSA) is 152 Å². The lowest BCUT2D eigenvalue weighted by molar-refractivity contribution is 0.0948. The predicted molar refractivity (Wildman–Crippen MR) is 90.7 cm³/mol. The number of carbonyl (C=O) groups excluding carboxylic acids is 2. The van der Waals surface area contributed by atoms with Crippen molar-refractivity contribution in [3.05, 3.63) is 23.5 Å². The molecule has 0 aromatic carbocycles. The van der Waals surface area contributed by atoms with Gasteiger partial charge in [0.15, 0.2) is 5.96 Å². The van der Waals surface area contributed by atoms with Crippen molar-refractivity contribution in [2.24, 2.45) is 22.2 Å². The Morgan fingerprint density at radius 1 is 1.09 bits per heavy atom. The third kappa shape index (κ3) is 7.87. The number of aliphatic imine (C=N–C) groups is 1. The fraction of sp³-hybridized carbons (Fsp3) is 0.417. The second-order valence-corrected chi connectivity index (χ2v) is 4.23. The van der Waals surface area contributed by atoms with Gasteiger partial charge in [0.1, 0.15) is 11.4 Å². The molecule has 1 aromatic heterocycles. The minimum absolute atomic E-state index is 0. The van der Waals surface area contributed by atoms with Crippen molar-refractivity contribution >= 4 is 42.6 Å². The van der Waals surface area contributed by atoms with Gasteiger partial charge in [-0.15, -0.1) is 24.8 Å². The van der Waals surface area contributed by atoms with E-state index in [0.717, 1.165) is 19.3 Å². The van der Waals surface area contributed by atoms with Crippen LogP contribution in [0.2, 0.25) is 0 Å². The first kappa shape index (κ1) is 22.5. The summed E-state index contributed by atoms with van der Waals surface area (Å²) in [6, 6.07) is 2.96. The van der Waals surface area contributed by atoms with Crippen LogP contribution in [-0.4, -0.2) is 35.8 Å². The standard InChI is InChI=1S/C12H20N6O2.2ClH/c13-6-2-1-3-7-16-10(19)8-4-5-9(17-8)11(20)18-12(14)15;;/h4-5,17H,1-3,6-7,13H2,(H,16,19)(H4,14,15,18,20);2*1H. The number of hydrogen-bond acceptors (Lipinski definition) is 3. The van der Waals surface area contributed by atoms with Crippen LogP contribution < -0.4 is 22.5 Å². The Kier molecular flexibility index (Phi) is 12.1. The summed E-state index contributed by atoms with van der Waals surface area (Å²) in [5, 5.41) is 2.74. The maximum absolute atomic E-state index is 11.8. The van der Waals surface area contributed by atoms with Gasteiger partial charge in [0.05, 0.1) is 0 Å². The van der Waals surface area contributed by atoms with E-state index in [1.54, 1.807) is 0 Å². The third-order valence-corrected chi connectivity index (χ3v) is 2.56. The number of aromatic amines is 1. The van der Waals surface area contributed by atoms with Crippen LogP contribution in [0, 0.1) is 0 Å². The minimum atomic E-state index is -0.619. The van der Waals surface area contributed by atoms with Crippen LogP contribution in [0.15, 0.2) is 17.1 Å². The van der Waals surface area contributed by atoms with E-state index < -0.39 is 5.91 Å². The number of rotatable bonds is 7. The lowest BCUT2D eigenvalue weighted by atomic mass is 10.2. The van der Waals surface area contributed by atoms with Crippen LogP contribution in [0.3, 0.4) is 0 Å². The van der Waals surface area contributed by atoms with Gasteiger partial charge in [-0.25, -0.2) is 0 Å². The molecule has 8 nitrogen and oxygen atoms in total. The molecule has 1 aromatic rings. The number of unbranched alkanes of at least 4 members (excludes halogenated alkanes) is 2. The van der Waals surface area contributed by atoms with E-state index in [-0.39, 0.29) is 48.1 Å². The Labute approximate surface area is 141 Å². The summed E-state index contributed by atoms with van der Waals surface area (Å²) in [6.07, 6.45) is 2.77. The quantitative estimate of drug-likeness (QED) is 0.268. The van der Waals surface area contributed by atoms with Gasteiger partial charge in [0.25, 0.3) is 11.8 Å². The molecule has 0 saturated heterocycles. The lowest BCUT2D eigenvalue weighted by Gasteiger charge is -2.03. The van der Waals surface area contributed by atoms with Crippen LogP contribution in [0.5, 0.6) is 0 Å². The summed E-state index contributed by atoms with van der Waals surface area (Å²) in [7, 11) is 0. The van der Waals surface area contributed by atoms with E-state index in [9.17, 15) is 9.59 Å². The molecule has 0 aliphatic rings. The normalized spacial score (nSPS) is 9.14. The number of nitrogens with one attached hydrogen (secondary N) is 2. The van der Waals surface area contributed by atoms with Gasteiger partial charge in [-0.2, -0.15) is 4.99 Å². The number of hydrogen-bond donors (Lipinski definition) is 5.